The van der Waals surface area contributed by atoms with Gasteiger partial charge in [0.15, 0.2) is 0 Å². The van der Waals surface area contributed by atoms with Gasteiger partial charge < -0.3 is 14.4 Å². The minimum Gasteiger partial charge on any atom is -0.475 e. The maximum absolute atomic E-state index is 13.7. The van der Waals surface area contributed by atoms with Gasteiger partial charge in [-0.1, -0.05) is 57.3 Å². The Morgan fingerprint density at radius 1 is 1.11 bits per heavy atom. The van der Waals surface area contributed by atoms with Gasteiger partial charge in [0.05, 0.1) is 30.8 Å². The predicted octanol–water partition coefficient (Wildman–Crippen LogP) is 4.91. The number of amides is 1. The van der Waals surface area contributed by atoms with Crippen LogP contribution in [0.3, 0.4) is 0 Å². The molecule has 0 bridgehead atoms. The third kappa shape index (κ3) is 6.10. The van der Waals surface area contributed by atoms with E-state index in [1.54, 1.807) is 48.5 Å². The number of carbonyl (C=O) groups is 2. The van der Waals surface area contributed by atoms with E-state index in [1.807, 2.05) is 0 Å². The molecule has 4 rings (SSSR count). The van der Waals surface area contributed by atoms with Gasteiger partial charge in [0, 0.05) is 21.1 Å². The molecule has 3 aromatic carbocycles. The van der Waals surface area contributed by atoms with Gasteiger partial charge >= 0.3 is 5.97 Å². The van der Waals surface area contributed by atoms with Crippen LogP contribution in [0.5, 0.6) is 5.75 Å². The normalized spacial score (nSPS) is 15.2. The van der Waals surface area contributed by atoms with Crippen LogP contribution in [0.15, 0.2) is 76.1 Å². The van der Waals surface area contributed by atoms with E-state index in [0.29, 0.717) is 26.5 Å². The van der Waals surface area contributed by atoms with Crippen molar-refractivity contribution in [2.75, 3.05) is 25.1 Å². The van der Waals surface area contributed by atoms with Gasteiger partial charge in [-0.3, -0.25) is 4.79 Å². The lowest BCUT2D eigenvalue weighted by molar-refractivity contribution is -0.148. The Morgan fingerprint density at radius 2 is 1.81 bits per heavy atom. The van der Waals surface area contributed by atoms with E-state index in [4.69, 9.17) is 32.7 Å². The minimum atomic E-state index is -4.14. The third-order valence-electron chi connectivity index (χ3n) is 5.66. The number of rotatable bonds is 7. The number of ether oxygens (including phenoxy) is 2. The largest absolute Gasteiger partial charge is 0.475 e. The molecule has 0 radical (unpaired) electrons. The summed E-state index contributed by atoms with van der Waals surface area (Å²) in [5, 5.41) is 0.657. The Bertz CT molecular complexity index is 1440. The molecule has 1 amide bonds. The zero-order valence-corrected chi connectivity index (χ0v) is 23.3. The number of hydrogen-bond acceptors (Lipinski definition) is 6. The highest BCUT2D eigenvalue weighted by molar-refractivity contribution is 9.10. The summed E-state index contributed by atoms with van der Waals surface area (Å²) in [6.45, 7) is -0.859. The number of halogens is 3. The number of anilines is 1. The summed E-state index contributed by atoms with van der Waals surface area (Å²) in [7, 11) is -2.92. The fourth-order valence-corrected chi connectivity index (χ4v) is 5.88. The van der Waals surface area contributed by atoms with Gasteiger partial charge in [-0.15, -0.1) is 0 Å². The fourth-order valence-electron chi connectivity index (χ4n) is 3.78. The summed E-state index contributed by atoms with van der Waals surface area (Å²) >= 11 is 15.6. The molecule has 0 spiro atoms. The lowest BCUT2D eigenvalue weighted by Gasteiger charge is -2.34. The monoisotopic (exact) mass is 626 g/mol. The SMILES string of the molecule is COC(=O)[C@@H]1CN(C(=O)CN(Cc2ccc(Cl)cc2Cl)S(=O)(=O)c2ccc(Br)cc2)c2ccccc2O1. The number of benzene rings is 3. The van der Waals surface area contributed by atoms with Crippen molar-refractivity contribution in [1.82, 2.24) is 4.31 Å². The molecule has 0 aromatic heterocycles. The first-order valence-electron chi connectivity index (χ1n) is 10.9. The number of para-hydroxylation sites is 2. The lowest BCUT2D eigenvalue weighted by atomic mass is 10.1. The molecule has 0 saturated carbocycles. The quantitative estimate of drug-likeness (QED) is 0.346. The van der Waals surface area contributed by atoms with Crippen molar-refractivity contribution in [3.8, 4) is 5.75 Å². The highest BCUT2D eigenvalue weighted by atomic mass is 79.9. The Balaban J connectivity index is 1.70. The Morgan fingerprint density at radius 3 is 2.49 bits per heavy atom. The Labute approximate surface area is 232 Å². The van der Waals surface area contributed by atoms with Crippen molar-refractivity contribution >= 4 is 66.7 Å². The second kappa shape index (κ2) is 11.4. The molecule has 1 heterocycles. The number of methoxy groups -OCH3 is 1. The van der Waals surface area contributed by atoms with Crippen molar-refractivity contribution in [3.05, 3.63) is 86.8 Å². The van der Waals surface area contributed by atoms with Crippen LogP contribution in [-0.2, 0) is 30.9 Å². The van der Waals surface area contributed by atoms with Crippen LogP contribution in [0.4, 0.5) is 5.69 Å². The summed E-state index contributed by atoms with van der Waals surface area (Å²) in [5.41, 5.74) is 0.882. The number of carbonyl (C=O) groups excluding carboxylic acids is 2. The number of hydrogen-bond donors (Lipinski definition) is 0. The third-order valence-corrected chi connectivity index (χ3v) is 8.59. The Hall–Kier alpha value is -2.63. The van der Waals surface area contributed by atoms with Gasteiger partial charge in [0.2, 0.25) is 22.0 Å². The minimum absolute atomic E-state index is 0.00315. The van der Waals surface area contributed by atoms with Gasteiger partial charge in [-0.2, -0.15) is 4.31 Å². The number of sulfonamides is 1. The van der Waals surface area contributed by atoms with Gasteiger partial charge in [0.25, 0.3) is 0 Å². The maximum Gasteiger partial charge on any atom is 0.348 e. The van der Waals surface area contributed by atoms with E-state index < -0.39 is 34.5 Å². The number of nitrogens with zero attached hydrogens (tertiary/aromatic N) is 2. The summed E-state index contributed by atoms with van der Waals surface area (Å²) in [5.74, 6) is -0.907. The molecule has 1 aliphatic heterocycles. The first kappa shape index (κ1) is 27.4. The molecule has 12 heteroatoms. The summed E-state index contributed by atoms with van der Waals surface area (Å²) in [6, 6.07) is 17.5. The summed E-state index contributed by atoms with van der Waals surface area (Å²) in [4.78, 5) is 27.2. The van der Waals surface area contributed by atoms with E-state index in [0.717, 1.165) is 4.31 Å². The second-order valence-electron chi connectivity index (χ2n) is 8.06. The Kier molecular flexibility index (Phi) is 8.45. The molecule has 0 aliphatic carbocycles. The zero-order valence-electron chi connectivity index (χ0n) is 19.4. The lowest BCUT2D eigenvalue weighted by Crippen LogP contribution is -2.50. The molecular weight excluding hydrogens is 607 g/mol. The van der Waals surface area contributed by atoms with Crippen molar-refractivity contribution < 1.29 is 27.5 Å². The zero-order chi connectivity index (χ0) is 26.7. The molecule has 8 nitrogen and oxygen atoms in total. The second-order valence-corrected chi connectivity index (χ2v) is 11.8. The fraction of sp³-hybridized carbons (Fsp3) is 0.200. The first-order chi connectivity index (χ1) is 17.6. The van der Waals surface area contributed by atoms with Gasteiger partial charge in [-0.25, -0.2) is 13.2 Å². The van der Waals surface area contributed by atoms with Crippen molar-refractivity contribution in [3.63, 3.8) is 0 Å². The van der Waals surface area contributed by atoms with Crippen LogP contribution in [0.25, 0.3) is 0 Å². The molecule has 3 aromatic rings. The summed E-state index contributed by atoms with van der Waals surface area (Å²) < 4.78 is 39.6. The van der Waals surface area contributed by atoms with Crippen LogP contribution >= 0.6 is 39.1 Å². The molecular formula is C25H21BrCl2N2O6S. The molecule has 1 atom stereocenters. The van der Waals surface area contributed by atoms with Crippen LogP contribution in [-0.4, -0.2) is 50.9 Å². The molecule has 1 aliphatic rings. The van der Waals surface area contributed by atoms with E-state index in [2.05, 4.69) is 15.9 Å². The molecule has 0 saturated heterocycles. The number of esters is 1. The van der Waals surface area contributed by atoms with E-state index in [9.17, 15) is 18.0 Å². The van der Waals surface area contributed by atoms with E-state index in [1.165, 1.54) is 30.2 Å². The molecule has 37 heavy (non-hydrogen) atoms. The van der Waals surface area contributed by atoms with E-state index >= 15 is 0 Å². The molecule has 194 valence electrons. The van der Waals surface area contributed by atoms with Crippen molar-refractivity contribution in [2.24, 2.45) is 0 Å². The smallest absolute Gasteiger partial charge is 0.348 e. The molecule has 0 fully saturated rings. The maximum atomic E-state index is 13.7. The topological polar surface area (TPSA) is 93.2 Å². The van der Waals surface area contributed by atoms with Gasteiger partial charge in [-0.05, 0) is 54.1 Å². The average molecular weight is 628 g/mol. The standard InChI is InChI=1S/C25H21BrCl2N2O6S/c1-35-25(32)23-14-30(21-4-2-3-5-22(21)36-23)24(31)15-29(13-16-6-9-18(27)12-20(16)28)37(33,34)19-10-7-17(26)8-11-19/h2-12,23H,13-15H2,1H3/t23-/m0/s1. The van der Waals surface area contributed by atoms with Crippen LogP contribution in [0, 0.1) is 0 Å². The van der Waals surface area contributed by atoms with Crippen molar-refractivity contribution in [1.29, 1.82) is 0 Å². The highest BCUT2D eigenvalue weighted by Crippen LogP contribution is 2.34. The van der Waals surface area contributed by atoms with Crippen molar-refractivity contribution in [2.45, 2.75) is 17.5 Å². The predicted molar refractivity (Wildman–Crippen MR) is 143 cm³/mol. The molecule has 0 unspecified atom stereocenters. The number of fused-ring (bicyclic) bond motifs is 1. The van der Waals surface area contributed by atoms with Crippen LogP contribution in [0.1, 0.15) is 5.56 Å². The highest BCUT2D eigenvalue weighted by Gasteiger charge is 2.36. The summed E-state index contributed by atoms with van der Waals surface area (Å²) in [6.07, 6.45) is -1.06. The molecule has 0 N–H and O–H groups in total. The van der Waals surface area contributed by atoms with Crippen LogP contribution < -0.4 is 9.64 Å². The van der Waals surface area contributed by atoms with Crippen LogP contribution in [0.2, 0.25) is 10.0 Å². The average Bonchev–Trinajstić information content (AvgIpc) is 2.88. The first-order valence-corrected chi connectivity index (χ1v) is 13.9. The van der Waals surface area contributed by atoms with Gasteiger partial charge in [0.1, 0.15) is 5.75 Å². The van der Waals surface area contributed by atoms with E-state index in [-0.39, 0.29) is 23.0 Å².